The number of amides is 1. The van der Waals surface area contributed by atoms with Crippen LogP contribution in [0.3, 0.4) is 0 Å². The van der Waals surface area contributed by atoms with E-state index in [0.717, 1.165) is 57.3 Å². The summed E-state index contributed by atoms with van der Waals surface area (Å²) in [5, 5.41) is 16.9. The number of piperidine rings is 1. The number of carbonyl (C=O) groups excluding carboxylic acids is 1. The molecule has 34 heavy (non-hydrogen) atoms. The van der Waals surface area contributed by atoms with Crippen LogP contribution in [0.15, 0.2) is 72.1 Å². The molecule has 1 aliphatic heterocycles. The molecule has 3 aromatic rings. The zero-order valence-corrected chi connectivity index (χ0v) is 21.5. The van der Waals surface area contributed by atoms with Crippen LogP contribution in [0.25, 0.3) is 0 Å². The number of nitrogens with one attached hydrogen (secondary N) is 1. The molecule has 1 aromatic heterocycles. The van der Waals surface area contributed by atoms with Crippen molar-refractivity contribution in [3.63, 3.8) is 0 Å². The predicted octanol–water partition coefficient (Wildman–Crippen LogP) is 5.62. The second-order valence-corrected chi connectivity index (χ2v) is 10.3. The molecule has 1 unspecified atom stereocenters. The first kappa shape index (κ1) is 26.7. The van der Waals surface area contributed by atoms with Crippen LogP contribution >= 0.6 is 35.3 Å². The standard InChI is InChI=1S/C27H31ClN2O2S.ClH/c28-24-11-9-23(10-12-24)27(32)14-17-30(18-15-27)16-5-13-26(20-29-21-31,25-8-4-19-33-25)22-6-2-1-3-7-22;/h1-4,6-12,19,21,32H,5,13-18,20H2,(H,29,31);1H. The van der Waals surface area contributed by atoms with Gasteiger partial charge in [-0.1, -0.05) is 60.1 Å². The number of hydrogen-bond acceptors (Lipinski definition) is 4. The Morgan fingerprint density at radius 3 is 2.38 bits per heavy atom. The summed E-state index contributed by atoms with van der Waals surface area (Å²) in [6.07, 6.45) is 4.18. The first-order valence-electron chi connectivity index (χ1n) is 11.5. The Labute approximate surface area is 217 Å². The van der Waals surface area contributed by atoms with Gasteiger partial charge in [0.15, 0.2) is 0 Å². The molecule has 0 spiro atoms. The number of thiophene rings is 1. The van der Waals surface area contributed by atoms with Gasteiger partial charge in [0, 0.05) is 34.9 Å². The molecular formula is C27H32Cl2N2O2S. The molecule has 0 radical (unpaired) electrons. The zero-order valence-electron chi connectivity index (χ0n) is 19.2. The van der Waals surface area contributed by atoms with E-state index in [9.17, 15) is 9.90 Å². The highest BCUT2D eigenvalue weighted by Gasteiger charge is 2.36. The van der Waals surface area contributed by atoms with E-state index in [1.807, 2.05) is 30.3 Å². The summed E-state index contributed by atoms with van der Waals surface area (Å²) in [5.74, 6) is 0. The van der Waals surface area contributed by atoms with Gasteiger partial charge in [0.05, 0.1) is 5.60 Å². The van der Waals surface area contributed by atoms with Gasteiger partial charge < -0.3 is 15.3 Å². The van der Waals surface area contributed by atoms with Gasteiger partial charge in [-0.25, -0.2) is 0 Å². The van der Waals surface area contributed by atoms with Gasteiger partial charge in [0.25, 0.3) is 0 Å². The quantitative estimate of drug-likeness (QED) is 0.342. The normalized spacial score (nSPS) is 17.4. The van der Waals surface area contributed by atoms with Gasteiger partial charge in [-0.15, -0.1) is 23.7 Å². The van der Waals surface area contributed by atoms with Crippen molar-refractivity contribution in [2.45, 2.75) is 36.7 Å². The molecule has 2 N–H and O–H groups in total. The summed E-state index contributed by atoms with van der Waals surface area (Å²) < 4.78 is 0. The molecule has 182 valence electrons. The van der Waals surface area contributed by atoms with Crippen molar-refractivity contribution in [3.05, 3.63) is 93.1 Å². The smallest absolute Gasteiger partial charge is 0.207 e. The van der Waals surface area contributed by atoms with E-state index in [2.05, 4.69) is 52.0 Å². The summed E-state index contributed by atoms with van der Waals surface area (Å²) in [4.78, 5) is 14.9. The van der Waals surface area contributed by atoms with Gasteiger partial charge in [0.1, 0.15) is 0 Å². The van der Waals surface area contributed by atoms with E-state index in [4.69, 9.17) is 11.6 Å². The number of halogens is 2. The van der Waals surface area contributed by atoms with E-state index in [-0.39, 0.29) is 17.8 Å². The van der Waals surface area contributed by atoms with Crippen LogP contribution in [0.2, 0.25) is 5.02 Å². The maximum absolute atomic E-state index is 11.2. The summed E-state index contributed by atoms with van der Waals surface area (Å²) in [7, 11) is 0. The molecule has 2 heterocycles. The molecule has 0 aliphatic carbocycles. The number of aliphatic hydroxyl groups is 1. The fourth-order valence-electron chi connectivity index (χ4n) is 5.01. The van der Waals surface area contributed by atoms with E-state index in [1.165, 1.54) is 10.4 Å². The van der Waals surface area contributed by atoms with Gasteiger partial charge >= 0.3 is 0 Å². The van der Waals surface area contributed by atoms with Gasteiger partial charge in [-0.3, -0.25) is 4.79 Å². The topological polar surface area (TPSA) is 52.6 Å². The third-order valence-corrected chi connectivity index (χ3v) is 8.28. The second-order valence-electron chi connectivity index (χ2n) is 8.91. The van der Waals surface area contributed by atoms with Crippen LogP contribution in [-0.4, -0.2) is 42.6 Å². The number of likely N-dealkylation sites (tertiary alicyclic amines) is 1. The number of rotatable bonds is 10. The Kier molecular flexibility index (Phi) is 9.57. The molecule has 1 fully saturated rings. The summed E-state index contributed by atoms with van der Waals surface area (Å²) in [6.45, 7) is 3.28. The Morgan fingerprint density at radius 2 is 1.76 bits per heavy atom. The largest absolute Gasteiger partial charge is 0.385 e. The Hall–Kier alpha value is -1.89. The van der Waals surface area contributed by atoms with Crippen LogP contribution in [0.1, 0.15) is 41.7 Å². The molecule has 4 rings (SSSR count). The molecule has 2 aromatic carbocycles. The van der Waals surface area contributed by atoms with E-state index in [0.29, 0.717) is 11.6 Å². The molecule has 1 saturated heterocycles. The molecule has 4 nitrogen and oxygen atoms in total. The minimum absolute atomic E-state index is 0. The minimum atomic E-state index is -0.778. The second kappa shape index (κ2) is 12.2. The molecule has 7 heteroatoms. The lowest BCUT2D eigenvalue weighted by atomic mass is 9.75. The highest BCUT2D eigenvalue weighted by Crippen LogP contribution is 2.39. The highest BCUT2D eigenvalue weighted by atomic mass is 35.5. The van der Waals surface area contributed by atoms with E-state index >= 15 is 0 Å². The summed E-state index contributed by atoms with van der Waals surface area (Å²) >= 11 is 7.76. The monoisotopic (exact) mass is 518 g/mol. The van der Waals surface area contributed by atoms with Crippen molar-refractivity contribution < 1.29 is 9.90 Å². The average Bonchev–Trinajstić information content (AvgIpc) is 3.39. The lowest BCUT2D eigenvalue weighted by Crippen LogP contribution is -2.43. The number of hydrogen-bond donors (Lipinski definition) is 2. The Bertz CT molecular complexity index is 1010. The lowest BCUT2D eigenvalue weighted by Gasteiger charge is -2.39. The van der Waals surface area contributed by atoms with Crippen molar-refractivity contribution >= 4 is 41.8 Å². The summed E-state index contributed by atoms with van der Waals surface area (Å²) in [6, 6.07) is 22.3. The SMILES string of the molecule is Cl.O=CNCC(CCCN1CCC(O)(c2ccc(Cl)cc2)CC1)(c1ccccc1)c1cccs1. The van der Waals surface area contributed by atoms with Gasteiger partial charge in [-0.2, -0.15) is 0 Å². The van der Waals surface area contributed by atoms with E-state index in [1.54, 1.807) is 11.3 Å². The molecule has 1 atom stereocenters. The zero-order chi connectivity index (χ0) is 23.2. The molecule has 1 aliphatic rings. The average molecular weight is 520 g/mol. The van der Waals surface area contributed by atoms with Gasteiger partial charge in [0.2, 0.25) is 6.41 Å². The van der Waals surface area contributed by atoms with Gasteiger partial charge in [-0.05, 0) is 66.9 Å². The molecular weight excluding hydrogens is 487 g/mol. The number of nitrogens with zero attached hydrogens (tertiary/aromatic N) is 1. The third-order valence-electron chi connectivity index (χ3n) is 6.95. The molecule has 0 bridgehead atoms. The van der Waals surface area contributed by atoms with Crippen molar-refractivity contribution in [1.82, 2.24) is 10.2 Å². The fraction of sp³-hybridized carbons (Fsp3) is 0.370. The van der Waals surface area contributed by atoms with E-state index < -0.39 is 5.60 Å². The minimum Gasteiger partial charge on any atom is -0.385 e. The number of benzene rings is 2. The molecule has 0 saturated carbocycles. The lowest BCUT2D eigenvalue weighted by molar-refractivity contribution is -0.109. The highest BCUT2D eigenvalue weighted by molar-refractivity contribution is 7.10. The Morgan fingerprint density at radius 1 is 1.06 bits per heavy atom. The third kappa shape index (κ3) is 6.02. The first-order chi connectivity index (χ1) is 16.1. The number of carbonyl (C=O) groups is 1. The summed E-state index contributed by atoms with van der Waals surface area (Å²) in [5.41, 5.74) is 1.17. The first-order valence-corrected chi connectivity index (χ1v) is 12.8. The van der Waals surface area contributed by atoms with Crippen LogP contribution < -0.4 is 5.32 Å². The van der Waals surface area contributed by atoms with Crippen LogP contribution in [0.4, 0.5) is 0 Å². The predicted molar refractivity (Wildman–Crippen MR) is 143 cm³/mol. The van der Waals surface area contributed by atoms with Crippen molar-refractivity contribution in [1.29, 1.82) is 0 Å². The van der Waals surface area contributed by atoms with Crippen molar-refractivity contribution in [3.8, 4) is 0 Å². The van der Waals surface area contributed by atoms with Crippen molar-refractivity contribution in [2.24, 2.45) is 0 Å². The molecule has 1 amide bonds. The van der Waals surface area contributed by atoms with Crippen LogP contribution in [0, 0.1) is 0 Å². The van der Waals surface area contributed by atoms with Crippen LogP contribution in [-0.2, 0) is 15.8 Å². The fourth-order valence-corrected chi connectivity index (χ4v) is 6.12. The maximum atomic E-state index is 11.2. The van der Waals surface area contributed by atoms with Crippen LogP contribution in [0.5, 0.6) is 0 Å². The Balaban J connectivity index is 0.00000324. The van der Waals surface area contributed by atoms with Crippen molar-refractivity contribution in [2.75, 3.05) is 26.2 Å². The maximum Gasteiger partial charge on any atom is 0.207 e.